The van der Waals surface area contributed by atoms with Gasteiger partial charge in [-0.3, -0.25) is 4.79 Å². The summed E-state index contributed by atoms with van der Waals surface area (Å²) in [5.74, 6) is 1.20. The molecule has 0 saturated heterocycles. The molecule has 3 heterocycles. The molecule has 0 aliphatic heterocycles. The fraction of sp³-hybridized carbons (Fsp3) is 0.143. The Kier molecular flexibility index (Phi) is 4.98. The van der Waals surface area contributed by atoms with Gasteiger partial charge in [0.15, 0.2) is 0 Å². The van der Waals surface area contributed by atoms with E-state index in [1.54, 1.807) is 12.3 Å². The van der Waals surface area contributed by atoms with Crippen LogP contribution in [0.15, 0.2) is 54.9 Å². The number of aromatic nitrogens is 4. The van der Waals surface area contributed by atoms with Crippen LogP contribution in [0.3, 0.4) is 0 Å². The zero-order valence-corrected chi connectivity index (χ0v) is 17.9. The van der Waals surface area contributed by atoms with Gasteiger partial charge in [0.1, 0.15) is 11.6 Å². The summed E-state index contributed by atoms with van der Waals surface area (Å²) in [6.45, 7) is 1.95. The molecule has 9 heteroatoms. The molecule has 0 unspecified atom stereocenters. The summed E-state index contributed by atoms with van der Waals surface area (Å²) >= 11 is 0. The second-order valence-corrected chi connectivity index (χ2v) is 8.49. The quantitative estimate of drug-likeness (QED) is 0.516. The molecular weight excluding hydrogens is 371 g/mol. The van der Waals surface area contributed by atoms with Crippen LogP contribution in [0.4, 0.5) is 5.82 Å². The molecule has 4 aromatic rings. The zero-order valence-electron chi connectivity index (χ0n) is 17.9. The number of nitrogens with one attached hydrogen (secondary N) is 1. The predicted octanol–water partition coefficient (Wildman–Crippen LogP) is 0.601. The highest BCUT2D eigenvalue weighted by atomic mass is 16.1. The maximum atomic E-state index is 12.7. The molecule has 4 rings (SSSR count). The Morgan fingerprint density at radius 3 is 2.40 bits per heavy atom. The number of benzene rings is 1. The summed E-state index contributed by atoms with van der Waals surface area (Å²) in [5, 5.41) is 3.83. The average Bonchev–Trinajstić information content (AvgIpc) is 3.05. The third kappa shape index (κ3) is 3.88. The first-order valence-electron chi connectivity index (χ1n) is 9.90. The van der Waals surface area contributed by atoms with Crippen molar-refractivity contribution in [3.8, 4) is 11.4 Å². The number of imidazole rings is 1. The molecular formula is C21H22B3N5O. The van der Waals surface area contributed by atoms with E-state index in [1.165, 1.54) is 5.56 Å². The van der Waals surface area contributed by atoms with Crippen molar-refractivity contribution in [2.45, 2.75) is 12.0 Å². The molecule has 3 aromatic heterocycles. The van der Waals surface area contributed by atoms with Gasteiger partial charge in [0.05, 0.1) is 46.6 Å². The van der Waals surface area contributed by atoms with E-state index in [9.17, 15) is 4.79 Å². The Hall–Kier alpha value is -3.35. The standard InChI is InChI=1S/C21H22B3N5O/c1-12-25-11-18(29(12)2)16-8-5-14-10-26-19(9-17(14)27-16)28-20(30)13-3-6-15(7-4-13)21(22,23)24/h3-11H,22-24H2,1-2H3,(H,26,28,30). The SMILES string of the molecule is BC(B)(B)c1ccc(C(=O)Nc2cc3nc(-c4cnc(C)n4C)ccc3cn2)cc1. The summed E-state index contributed by atoms with van der Waals surface area (Å²) < 4.78 is 2.00. The molecule has 0 bridgehead atoms. The number of pyridine rings is 2. The average molecular weight is 393 g/mol. The van der Waals surface area contributed by atoms with Crippen LogP contribution < -0.4 is 5.32 Å². The lowest BCUT2D eigenvalue weighted by Crippen LogP contribution is -2.27. The molecule has 6 nitrogen and oxygen atoms in total. The number of carbonyl (C=O) groups excluding carboxylic acids is 1. The molecule has 1 N–H and O–H groups in total. The predicted molar refractivity (Wildman–Crippen MR) is 128 cm³/mol. The maximum Gasteiger partial charge on any atom is 0.256 e. The summed E-state index contributed by atoms with van der Waals surface area (Å²) in [6, 6.07) is 13.4. The number of aryl methyl sites for hydroxylation is 1. The summed E-state index contributed by atoms with van der Waals surface area (Å²) in [6.07, 6.45) is 3.54. The number of fused-ring (bicyclic) bond motifs is 1. The lowest BCUT2D eigenvalue weighted by molar-refractivity contribution is 0.102. The van der Waals surface area contributed by atoms with Gasteiger partial charge in [-0.15, -0.1) is 0 Å². The van der Waals surface area contributed by atoms with E-state index in [0.29, 0.717) is 11.4 Å². The lowest BCUT2D eigenvalue weighted by atomic mass is 9.40. The Bertz CT molecular complexity index is 1250. The normalized spacial score (nSPS) is 11.5. The molecule has 0 atom stereocenters. The van der Waals surface area contributed by atoms with E-state index in [4.69, 9.17) is 4.98 Å². The fourth-order valence-electron chi connectivity index (χ4n) is 3.28. The molecule has 0 fully saturated rings. The molecule has 30 heavy (non-hydrogen) atoms. The topological polar surface area (TPSA) is 72.7 Å². The molecule has 1 amide bonds. The van der Waals surface area contributed by atoms with E-state index in [2.05, 4.69) is 38.8 Å². The number of anilines is 1. The number of nitrogens with zero attached hydrogens (tertiary/aromatic N) is 4. The van der Waals surface area contributed by atoms with Crippen LogP contribution in [0, 0.1) is 6.92 Å². The molecule has 146 valence electrons. The van der Waals surface area contributed by atoms with Crippen molar-refractivity contribution in [2.24, 2.45) is 7.05 Å². The van der Waals surface area contributed by atoms with Gasteiger partial charge >= 0.3 is 0 Å². The van der Waals surface area contributed by atoms with E-state index in [0.717, 1.165) is 28.1 Å². The van der Waals surface area contributed by atoms with Crippen LogP contribution in [0.25, 0.3) is 22.3 Å². The largest absolute Gasteiger partial charge is 0.330 e. The van der Waals surface area contributed by atoms with Crippen molar-refractivity contribution in [3.63, 3.8) is 0 Å². The molecule has 0 radical (unpaired) electrons. The van der Waals surface area contributed by atoms with Crippen LogP contribution in [-0.4, -0.2) is 49.0 Å². The van der Waals surface area contributed by atoms with Gasteiger partial charge in [-0.2, -0.15) is 0 Å². The fourth-order valence-corrected chi connectivity index (χ4v) is 3.28. The Balaban J connectivity index is 1.60. The van der Waals surface area contributed by atoms with Crippen LogP contribution in [0.5, 0.6) is 0 Å². The summed E-state index contributed by atoms with van der Waals surface area (Å²) in [7, 11) is 8.41. The first-order valence-corrected chi connectivity index (χ1v) is 9.90. The molecule has 0 saturated carbocycles. The van der Waals surface area contributed by atoms with Crippen LogP contribution in [-0.2, 0) is 12.2 Å². The molecule has 1 aromatic carbocycles. The minimum atomic E-state index is -0.194. The highest BCUT2D eigenvalue weighted by Gasteiger charge is 2.15. The molecule has 0 aliphatic carbocycles. The van der Waals surface area contributed by atoms with Crippen molar-refractivity contribution in [3.05, 3.63) is 71.8 Å². The summed E-state index contributed by atoms with van der Waals surface area (Å²) in [4.78, 5) is 26.1. The number of hydrogen-bond donors (Lipinski definition) is 1. The van der Waals surface area contributed by atoms with Crippen LogP contribution in [0.1, 0.15) is 21.7 Å². The minimum absolute atomic E-state index is 0.0463. The molecule has 0 spiro atoms. The van der Waals surface area contributed by atoms with Gasteiger partial charge in [0.2, 0.25) is 0 Å². The van der Waals surface area contributed by atoms with Gasteiger partial charge in [-0.1, -0.05) is 22.8 Å². The van der Waals surface area contributed by atoms with Crippen molar-refractivity contribution in [1.82, 2.24) is 19.5 Å². The van der Waals surface area contributed by atoms with Gasteiger partial charge < -0.3 is 9.88 Å². The third-order valence-electron chi connectivity index (χ3n) is 5.31. The monoisotopic (exact) mass is 393 g/mol. The Morgan fingerprint density at radius 2 is 1.77 bits per heavy atom. The van der Waals surface area contributed by atoms with Crippen LogP contribution >= 0.6 is 0 Å². The highest BCUT2D eigenvalue weighted by Crippen LogP contribution is 2.23. The van der Waals surface area contributed by atoms with Gasteiger partial charge in [0, 0.05) is 30.3 Å². The van der Waals surface area contributed by atoms with E-state index >= 15 is 0 Å². The van der Waals surface area contributed by atoms with Gasteiger partial charge in [-0.25, -0.2) is 15.0 Å². The number of amides is 1. The second kappa shape index (κ2) is 7.48. The van der Waals surface area contributed by atoms with Crippen molar-refractivity contribution < 1.29 is 4.79 Å². The highest BCUT2D eigenvalue weighted by molar-refractivity contribution is 6.58. The third-order valence-corrected chi connectivity index (χ3v) is 5.31. The second-order valence-electron chi connectivity index (χ2n) is 8.49. The zero-order chi connectivity index (χ0) is 21.5. The number of carbonyl (C=O) groups is 1. The minimum Gasteiger partial charge on any atom is -0.330 e. The number of rotatable bonds is 4. The van der Waals surface area contributed by atoms with E-state index in [-0.39, 0.29) is 11.0 Å². The van der Waals surface area contributed by atoms with E-state index < -0.39 is 0 Å². The van der Waals surface area contributed by atoms with Crippen molar-refractivity contribution >= 4 is 46.2 Å². The van der Waals surface area contributed by atoms with Crippen molar-refractivity contribution in [2.75, 3.05) is 5.32 Å². The first kappa shape index (κ1) is 19.9. The van der Waals surface area contributed by atoms with Crippen LogP contribution in [0.2, 0.25) is 0 Å². The summed E-state index contributed by atoms with van der Waals surface area (Å²) in [5.41, 5.74) is 4.31. The lowest BCUT2D eigenvalue weighted by Gasteiger charge is -2.18. The van der Waals surface area contributed by atoms with Crippen molar-refractivity contribution in [1.29, 1.82) is 0 Å². The Morgan fingerprint density at radius 1 is 1.03 bits per heavy atom. The molecule has 0 aliphatic rings. The van der Waals surface area contributed by atoms with Gasteiger partial charge in [0.25, 0.3) is 5.91 Å². The van der Waals surface area contributed by atoms with Gasteiger partial charge in [-0.05, 0) is 31.2 Å². The first-order chi connectivity index (χ1) is 14.2. The Labute approximate surface area is 178 Å². The van der Waals surface area contributed by atoms with E-state index in [1.807, 2.05) is 61.1 Å². The smallest absolute Gasteiger partial charge is 0.256 e. The number of hydrogen-bond acceptors (Lipinski definition) is 4. The maximum absolute atomic E-state index is 12.7.